The molecule has 2 N–H and O–H groups in total. The van der Waals surface area contributed by atoms with Gasteiger partial charge in [0.05, 0.1) is 10.9 Å². The van der Waals surface area contributed by atoms with E-state index in [9.17, 15) is 13.2 Å². The van der Waals surface area contributed by atoms with Gasteiger partial charge in [0.15, 0.2) is 0 Å². The van der Waals surface area contributed by atoms with Crippen molar-refractivity contribution in [2.45, 2.75) is 64.8 Å². The maximum Gasteiger partial charge on any atom is 0.240 e. The summed E-state index contributed by atoms with van der Waals surface area (Å²) in [5.74, 6) is -0.0172. The number of rotatable bonds is 9. The average Bonchev–Trinajstić information content (AvgIpc) is 2.68. The second kappa shape index (κ2) is 10.0. The van der Waals surface area contributed by atoms with Crippen LogP contribution in [0.4, 0.5) is 0 Å². The van der Waals surface area contributed by atoms with Crippen LogP contribution in [-0.4, -0.2) is 20.9 Å². The minimum atomic E-state index is -3.46. The SMILES string of the molecule is CCCNS(=O)(=O)c1ccc(CCC(=O)NC(C)c2cc(C)c(C)cc2C)cc1. The van der Waals surface area contributed by atoms with Crippen LogP contribution in [0.3, 0.4) is 0 Å². The van der Waals surface area contributed by atoms with E-state index in [0.717, 1.165) is 17.5 Å². The summed E-state index contributed by atoms with van der Waals surface area (Å²) >= 11 is 0. The number of aryl methyl sites for hydroxylation is 4. The molecule has 0 fully saturated rings. The van der Waals surface area contributed by atoms with E-state index in [1.807, 2.05) is 13.8 Å². The van der Waals surface area contributed by atoms with Crippen LogP contribution in [0.5, 0.6) is 0 Å². The summed E-state index contributed by atoms with van der Waals surface area (Å²) in [6, 6.07) is 11.0. The third-order valence-corrected chi connectivity index (χ3v) is 6.62. The molecule has 0 radical (unpaired) electrons. The molecule has 29 heavy (non-hydrogen) atoms. The normalized spacial score (nSPS) is 12.6. The van der Waals surface area contributed by atoms with Crippen molar-refractivity contribution in [1.29, 1.82) is 0 Å². The number of sulfonamides is 1. The monoisotopic (exact) mass is 416 g/mol. The van der Waals surface area contributed by atoms with Crippen LogP contribution in [0.15, 0.2) is 41.3 Å². The summed E-state index contributed by atoms with van der Waals surface area (Å²) in [5.41, 5.74) is 5.71. The van der Waals surface area contributed by atoms with Gasteiger partial charge in [-0.15, -0.1) is 0 Å². The van der Waals surface area contributed by atoms with Crippen molar-refractivity contribution in [2.75, 3.05) is 6.54 Å². The molecule has 2 rings (SSSR count). The molecule has 2 aromatic rings. The minimum absolute atomic E-state index is 0.0172. The van der Waals surface area contributed by atoms with Crippen molar-refractivity contribution < 1.29 is 13.2 Å². The number of amides is 1. The van der Waals surface area contributed by atoms with Crippen LogP contribution in [0.1, 0.15) is 60.5 Å². The molecule has 1 amide bonds. The Balaban J connectivity index is 1.93. The molecule has 0 aliphatic heterocycles. The van der Waals surface area contributed by atoms with Gasteiger partial charge in [0.25, 0.3) is 0 Å². The number of carbonyl (C=O) groups is 1. The zero-order chi connectivity index (χ0) is 21.6. The smallest absolute Gasteiger partial charge is 0.240 e. The van der Waals surface area contributed by atoms with Gasteiger partial charge < -0.3 is 5.32 Å². The first kappa shape index (κ1) is 23.1. The Kier molecular flexibility index (Phi) is 7.99. The fraction of sp³-hybridized carbons (Fsp3) is 0.435. The van der Waals surface area contributed by atoms with Crippen molar-refractivity contribution in [1.82, 2.24) is 10.0 Å². The molecule has 0 saturated carbocycles. The van der Waals surface area contributed by atoms with Crippen molar-refractivity contribution in [3.05, 3.63) is 64.2 Å². The molecule has 0 aliphatic rings. The van der Waals surface area contributed by atoms with E-state index in [1.165, 1.54) is 16.7 Å². The molecule has 6 heteroatoms. The Hall–Kier alpha value is -2.18. The first-order valence-corrected chi connectivity index (χ1v) is 11.6. The molecule has 5 nitrogen and oxygen atoms in total. The molecule has 1 unspecified atom stereocenters. The van der Waals surface area contributed by atoms with Crippen LogP contribution in [0, 0.1) is 20.8 Å². The first-order valence-electron chi connectivity index (χ1n) is 10.1. The Morgan fingerprint density at radius 1 is 1.00 bits per heavy atom. The Bertz CT molecular complexity index is 951. The molecule has 0 heterocycles. The highest BCUT2D eigenvalue weighted by atomic mass is 32.2. The quantitative estimate of drug-likeness (QED) is 0.646. The lowest BCUT2D eigenvalue weighted by atomic mass is 9.96. The average molecular weight is 417 g/mol. The van der Waals surface area contributed by atoms with E-state index in [1.54, 1.807) is 24.3 Å². The van der Waals surface area contributed by atoms with Crippen LogP contribution < -0.4 is 10.0 Å². The van der Waals surface area contributed by atoms with E-state index in [-0.39, 0.29) is 16.8 Å². The summed E-state index contributed by atoms with van der Waals surface area (Å²) in [4.78, 5) is 12.6. The summed E-state index contributed by atoms with van der Waals surface area (Å²) in [6.07, 6.45) is 1.66. The van der Waals surface area contributed by atoms with Gasteiger partial charge in [-0.1, -0.05) is 31.2 Å². The minimum Gasteiger partial charge on any atom is -0.350 e. The van der Waals surface area contributed by atoms with Gasteiger partial charge in [-0.25, -0.2) is 13.1 Å². The summed E-state index contributed by atoms with van der Waals surface area (Å²) in [6.45, 7) is 10.6. The maximum atomic E-state index is 12.4. The second-order valence-corrected chi connectivity index (χ2v) is 9.39. The summed E-state index contributed by atoms with van der Waals surface area (Å²) in [5, 5.41) is 3.07. The van der Waals surface area contributed by atoms with Gasteiger partial charge in [0.1, 0.15) is 0 Å². The molecule has 0 spiro atoms. The third-order valence-electron chi connectivity index (χ3n) is 5.14. The van der Waals surface area contributed by atoms with Gasteiger partial charge in [0.2, 0.25) is 15.9 Å². The van der Waals surface area contributed by atoms with Crippen molar-refractivity contribution in [2.24, 2.45) is 0 Å². The first-order chi connectivity index (χ1) is 13.6. The van der Waals surface area contributed by atoms with Gasteiger partial charge in [-0.3, -0.25) is 4.79 Å². The molecule has 158 valence electrons. The van der Waals surface area contributed by atoms with Crippen LogP contribution in [-0.2, 0) is 21.2 Å². The number of carbonyl (C=O) groups excluding carboxylic acids is 1. The molecular weight excluding hydrogens is 384 g/mol. The van der Waals surface area contributed by atoms with Crippen LogP contribution in [0.25, 0.3) is 0 Å². The van der Waals surface area contributed by atoms with Gasteiger partial charge in [0, 0.05) is 13.0 Å². The number of hydrogen-bond donors (Lipinski definition) is 2. The molecular formula is C23H32N2O3S. The van der Waals surface area contributed by atoms with E-state index >= 15 is 0 Å². The van der Waals surface area contributed by atoms with E-state index in [4.69, 9.17) is 0 Å². The summed E-state index contributed by atoms with van der Waals surface area (Å²) in [7, 11) is -3.46. The zero-order valence-corrected chi connectivity index (χ0v) is 18.8. The van der Waals surface area contributed by atoms with Crippen molar-refractivity contribution in [3.63, 3.8) is 0 Å². The highest BCUT2D eigenvalue weighted by Crippen LogP contribution is 2.22. The van der Waals surface area contributed by atoms with Crippen LogP contribution in [0.2, 0.25) is 0 Å². The van der Waals surface area contributed by atoms with Crippen molar-refractivity contribution in [3.8, 4) is 0 Å². The molecule has 1 atom stereocenters. The fourth-order valence-electron chi connectivity index (χ4n) is 3.25. The highest BCUT2D eigenvalue weighted by molar-refractivity contribution is 7.89. The maximum absolute atomic E-state index is 12.4. The number of hydrogen-bond acceptors (Lipinski definition) is 3. The number of benzene rings is 2. The molecule has 0 bridgehead atoms. The molecule has 2 aromatic carbocycles. The zero-order valence-electron chi connectivity index (χ0n) is 18.0. The molecule has 0 aromatic heterocycles. The van der Waals surface area contributed by atoms with Crippen LogP contribution >= 0.6 is 0 Å². The second-order valence-electron chi connectivity index (χ2n) is 7.62. The number of nitrogens with one attached hydrogen (secondary N) is 2. The molecule has 0 aliphatic carbocycles. The lowest BCUT2D eigenvalue weighted by molar-refractivity contribution is -0.121. The Morgan fingerprint density at radius 3 is 2.24 bits per heavy atom. The lowest BCUT2D eigenvalue weighted by Gasteiger charge is -2.18. The van der Waals surface area contributed by atoms with Gasteiger partial charge in [-0.2, -0.15) is 0 Å². The largest absolute Gasteiger partial charge is 0.350 e. The Labute approximate surface area is 175 Å². The molecule has 0 saturated heterocycles. The van der Waals surface area contributed by atoms with Gasteiger partial charge >= 0.3 is 0 Å². The summed E-state index contributed by atoms with van der Waals surface area (Å²) < 4.78 is 26.8. The Morgan fingerprint density at radius 2 is 1.62 bits per heavy atom. The predicted molar refractivity (Wildman–Crippen MR) is 117 cm³/mol. The lowest BCUT2D eigenvalue weighted by Crippen LogP contribution is -2.27. The van der Waals surface area contributed by atoms with E-state index < -0.39 is 10.0 Å². The topological polar surface area (TPSA) is 75.3 Å². The third kappa shape index (κ3) is 6.41. The fourth-order valence-corrected chi connectivity index (χ4v) is 4.39. The van der Waals surface area contributed by atoms with E-state index in [2.05, 4.69) is 42.9 Å². The van der Waals surface area contributed by atoms with E-state index in [0.29, 0.717) is 19.4 Å². The standard InChI is InChI=1S/C23H32N2O3S/c1-6-13-24-29(27,28)21-10-7-20(8-11-21)9-12-23(26)25-19(5)22-15-17(3)16(2)14-18(22)4/h7-8,10-11,14-15,19,24H,6,9,12-13H2,1-5H3,(H,25,26). The predicted octanol–water partition coefficient (Wildman–Crippen LogP) is 4.11. The highest BCUT2D eigenvalue weighted by Gasteiger charge is 2.14. The van der Waals surface area contributed by atoms with Crippen molar-refractivity contribution >= 4 is 15.9 Å². The van der Waals surface area contributed by atoms with Gasteiger partial charge in [-0.05, 0) is 80.5 Å².